The third-order valence-corrected chi connectivity index (χ3v) is 4.92. The van der Waals surface area contributed by atoms with Crippen molar-refractivity contribution in [3.05, 3.63) is 52.8 Å². The Kier molecular flexibility index (Phi) is 5.39. The Labute approximate surface area is 152 Å². The number of aromatic nitrogens is 2. The van der Waals surface area contributed by atoms with Gasteiger partial charge in [-0.25, -0.2) is 0 Å². The Morgan fingerprint density at radius 1 is 1.24 bits per heavy atom. The number of hydrogen-bond donors (Lipinski definition) is 2. The number of carbonyl (C=O) groups is 1. The van der Waals surface area contributed by atoms with Crippen LogP contribution in [-0.2, 0) is 11.2 Å². The molecule has 2 aromatic heterocycles. The summed E-state index contributed by atoms with van der Waals surface area (Å²) in [6.07, 6.45) is 7.76. The molecule has 0 saturated carbocycles. The Morgan fingerprint density at radius 2 is 2.08 bits per heavy atom. The Hall–Kier alpha value is -2.33. The normalized spacial score (nSPS) is 11.1. The largest absolute Gasteiger partial charge is 0.370 e. The zero-order chi connectivity index (χ0) is 17.8. The number of aromatic amines is 1. The monoisotopic (exact) mass is 355 g/mol. The minimum Gasteiger partial charge on any atom is -0.370 e. The summed E-state index contributed by atoms with van der Waals surface area (Å²) in [4.78, 5) is 18.6. The summed E-state index contributed by atoms with van der Waals surface area (Å²) in [5.41, 5.74) is 10.8. The molecule has 3 N–H and O–H groups in total. The van der Waals surface area contributed by atoms with Gasteiger partial charge in [0.05, 0.1) is 5.69 Å². The third kappa shape index (κ3) is 3.85. The van der Waals surface area contributed by atoms with Gasteiger partial charge >= 0.3 is 0 Å². The number of benzene rings is 1. The molecule has 1 amide bonds. The van der Waals surface area contributed by atoms with Crippen molar-refractivity contribution >= 4 is 28.4 Å². The molecule has 0 spiro atoms. The van der Waals surface area contributed by atoms with E-state index in [0.717, 1.165) is 47.5 Å². The molecule has 0 bridgehead atoms. The first-order valence-electron chi connectivity index (χ1n) is 8.56. The molecule has 5 heteroatoms. The lowest BCUT2D eigenvalue weighted by molar-refractivity contribution is -0.118. The van der Waals surface area contributed by atoms with Gasteiger partial charge in [0.2, 0.25) is 5.91 Å². The second kappa shape index (κ2) is 7.70. The second-order valence-corrected chi connectivity index (χ2v) is 6.75. The third-order valence-electron chi connectivity index (χ3n) is 4.57. The number of fused-ring (bicyclic) bond motifs is 1. The summed E-state index contributed by atoms with van der Waals surface area (Å²) in [5, 5.41) is 1.99. The molecule has 0 unspecified atom stereocenters. The summed E-state index contributed by atoms with van der Waals surface area (Å²) in [6, 6.07) is 7.97. The molecular formula is C20H22ClN3O. The number of unbranched alkanes of at least 4 members (excludes halogenated alkanes) is 2. The number of nitrogens with two attached hydrogens (primary N) is 1. The van der Waals surface area contributed by atoms with Crippen LogP contribution in [0.15, 0.2) is 36.7 Å². The van der Waals surface area contributed by atoms with Gasteiger partial charge in [-0.05, 0) is 61.6 Å². The molecular weight excluding hydrogens is 334 g/mol. The first kappa shape index (κ1) is 17.5. The Morgan fingerprint density at radius 3 is 2.80 bits per heavy atom. The number of aryl methyl sites for hydroxylation is 2. The summed E-state index contributed by atoms with van der Waals surface area (Å²) in [7, 11) is 0. The predicted molar refractivity (Wildman–Crippen MR) is 103 cm³/mol. The van der Waals surface area contributed by atoms with E-state index >= 15 is 0 Å². The fourth-order valence-corrected chi connectivity index (χ4v) is 3.58. The number of hydrogen-bond acceptors (Lipinski definition) is 2. The fourth-order valence-electron chi connectivity index (χ4n) is 3.33. The number of pyridine rings is 1. The zero-order valence-electron chi connectivity index (χ0n) is 14.3. The number of nitrogens with one attached hydrogen (secondary N) is 1. The van der Waals surface area contributed by atoms with Crippen LogP contribution in [0.2, 0.25) is 5.02 Å². The average molecular weight is 356 g/mol. The molecule has 3 rings (SSSR count). The summed E-state index contributed by atoms with van der Waals surface area (Å²) < 4.78 is 0. The number of nitrogens with zero attached hydrogens (tertiary/aromatic N) is 1. The Balaban J connectivity index is 1.89. The number of halogens is 1. The van der Waals surface area contributed by atoms with Crippen molar-refractivity contribution in [2.24, 2.45) is 5.73 Å². The predicted octanol–water partition coefficient (Wildman–Crippen LogP) is 4.78. The standard InChI is InChI=1S/C20H22ClN3O/c1-13-19-15(7-3-2-4-8-18(22)25)16(21)9-10-17(19)24-20(13)14-6-5-11-23-12-14/h5-6,9-12,24H,2-4,7-8H2,1H3,(H2,22,25). The summed E-state index contributed by atoms with van der Waals surface area (Å²) >= 11 is 6.49. The highest BCUT2D eigenvalue weighted by atomic mass is 35.5. The molecule has 0 aliphatic carbocycles. The molecule has 0 fully saturated rings. The van der Waals surface area contributed by atoms with E-state index in [4.69, 9.17) is 17.3 Å². The highest BCUT2D eigenvalue weighted by Crippen LogP contribution is 2.35. The molecule has 0 atom stereocenters. The lowest BCUT2D eigenvalue weighted by Gasteiger charge is -2.08. The van der Waals surface area contributed by atoms with Gasteiger partial charge < -0.3 is 10.7 Å². The van der Waals surface area contributed by atoms with Gasteiger partial charge in [-0.15, -0.1) is 0 Å². The van der Waals surface area contributed by atoms with Crippen molar-refractivity contribution in [1.29, 1.82) is 0 Å². The van der Waals surface area contributed by atoms with Gasteiger partial charge in [0.1, 0.15) is 0 Å². The molecule has 2 heterocycles. The van der Waals surface area contributed by atoms with Gasteiger partial charge in [0.25, 0.3) is 0 Å². The maximum absolute atomic E-state index is 10.8. The van der Waals surface area contributed by atoms with Crippen molar-refractivity contribution in [2.75, 3.05) is 0 Å². The fraction of sp³-hybridized carbons (Fsp3) is 0.300. The van der Waals surface area contributed by atoms with E-state index in [1.54, 1.807) is 6.20 Å². The van der Waals surface area contributed by atoms with Crippen molar-refractivity contribution < 1.29 is 4.79 Å². The number of primary amides is 1. The molecule has 0 saturated heterocycles. The number of H-pyrrole nitrogens is 1. The number of carbonyl (C=O) groups excluding carboxylic acids is 1. The molecule has 3 aromatic rings. The minimum absolute atomic E-state index is 0.234. The van der Waals surface area contributed by atoms with Crippen LogP contribution in [0.3, 0.4) is 0 Å². The minimum atomic E-state index is -0.234. The lowest BCUT2D eigenvalue weighted by Crippen LogP contribution is -2.09. The second-order valence-electron chi connectivity index (χ2n) is 6.34. The molecule has 130 valence electrons. The van der Waals surface area contributed by atoms with Crippen LogP contribution < -0.4 is 5.73 Å². The number of amides is 1. The van der Waals surface area contributed by atoms with Gasteiger partial charge in [-0.2, -0.15) is 0 Å². The molecule has 0 radical (unpaired) electrons. The lowest BCUT2D eigenvalue weighted by atomic mass is 9.99. The molecule has 25 heavy (non-hydrogen) atoms. The smallest absolute Gasteiger partial charge is 0.217 e. The zero-order valence-corrected chi connectivity index (χ0v) is 15.1. The number of rotatable bonds is 7. The first-order valence-corrected chi connectivity index (χ1v) is 8.94. The molecule has 0 aliphatic rings. The maximum Gasteiger partial charge on any atom is 0.217 e. The summed E-state index contributed by atoms with van der Waals surface area (Å²) in [6.45, 7) is 2.12. The quantitative estimate of drug-likeness (QED) is 0.598. The van der Waals surface area contributed by atoms with Crippen molar-refractivity contribution in [3.63, 3.8) is 0 Å². The topological polar surface area (TPSA) is 71.8 Å². The average Bonchev–Trinajstić information content (AvgIpc) is 2.94. The van der Waals surface area contributed by atoms with Crippen LogP contribution in [0.5, 0.6) is 0 Å². The van der Waals surface area contributed by atoms with Gasteiger partial charge in [0, 0.05) is 40.3 Å². The van der Waals surface area contributed by atoms with E-state index < -0.39 is 0 Å². The highest BCUT2D eigenvalue weighted by Gasteiger charge is 2.15. The van der Waals surface area contributed by atoms with Crippen molar-refractivity contribution in [3.8, 4) is 11.3 Å². The van der Waals surface area contributed by atoms with Crippen LogP contribution in [0.4, 0.5) is 0 Å². The van der Waals surface area contributed by atoms with E-state index in [1.807, 2.05) is 24.4 Å². The summed E-state index contributed by atoms with van der Waals surface area (Å²) in [5.74, 6) is -0.234. The SMILES string of the molecule is Cc1c(-c2cccnc2)[nH]c2ccc(Cl)c(CCCCCC(N)=O)c12. The van der Waals surface area contributed by atoms with E-state index in [-0.39, 0.29) is 5.91 Å². The first-order chi connectivity index (χ1) is 12.1. The van der Waals surface area contributed by atoms with E-state index in [0.29, 0.717) is 6.42 Å². The molecule has 1 aromatic carbocycles. The van der Waals surface area contributed by atoms with Gasteiger partial charge in [0.15, 0.2) is 0 Å². The van der Waals surface area contributed by atoms with Crippen LogP contribution in [-0.4, -0.2) is 15.9 Å². The van der Waals surface area contributed by atoms with Crippen LogP contribution in [0.25, 0.3) is 22.2 Å². The van der Waals surface area contributed by atoms with E-state index in [1.165, 1.54) is 16.5 Å². The van der Waals surface area contributed by atoms with E-state index in [9.17, 15) is 4.79 Å². The highest BCUT2D eigenvalue weighted by molar-refractivity contribution is 6.32. The van der Waals surface area contributed by atoms with E-state index in [2.05, 4.69) is 23.0 Å². The maximum atomic E-state index is 10.8. The van der Waals surface area contributed by atoms with Crippen molar-refractivity contribution in [2.45, 2.75) is 39.0 Å². The van der Waals surface area contributed by atoms with Crippen LogP contribution in [0.1, 0.15) is 36.8 Å². The molecule has 0 aliphatic heterocycles. The van der Waals surface area contributed by atoms with Gasteiger partial charge in [-0.1, -0.05) is 18.0 Å². The Bertz CT molecular complexity index is 887. The van der Waals surface area contributed by atoms with Crippen molar-refractivity contribution in [1.82, 2.24) is 9.97 Å². The van der Waals surface area contributed by atoms with Crippen LogP contribution in [0, 0.1) is 6.92 Å². The van der Waals surface area contributed by atoms with Crippen LogP contribution >= 0.6 is 11.6 Å². The molecule has 4 nitrogen and oxygen atoms in total. The van der Waals surface area contributed by atoms with Gasteiger partial charge in [-0.3, -0.25) is 9.78 Å².